The Hall–Kier alpha value is -5.29. The molecule has 0 aliphatic carbocycles. The Bertz CT molecular complexity index is 2340. The molecule has 296 valence electrons. The van der Waals surface area contributed by atoms with E-state index in [4.69, 9.17) is 4.98 Å². The quantitative estimate of drug-likeness (QED) is 0.143. The number of phenols is 1. The van der Waals surface area contributed by atoms with Crippen LogP contribution in [-0.2, 0) is 0 Å². The molecule has 6 aromatic rings. The second-order valence-electron chi connectivity index (χ2n) is 17.9. The lowest BCUT2D eigenvalue weighted by Gasteiger charge is -2.30. The molecule has 0 atom stereocenters. The van der Waals surface area contributed by atoms with Crippen LogP contribution in [0.5, 0.6) is 5.75 Å². The lowest BCUT2D eigenvalue weighted by atomic mass is 9.87. The summed E-state index contributed by atoms with van der Waals surface area (Å²) >= 11 is 0. The Morgan fingerprint density at radius 2 is 1.00 bits per heavy atom. The Kier molecular flexibility index (Phi) is 11.2. The van der Waals surface area contributed by atoms with Gasteiger partial charge in [-0.15, -0.1) is 0 Å². The predicted octanol–water partition coefficient (Wildman–Crippen LogP) is 14.9. The summed E-state index contributed by atoms with van der Waals surface area (Å²) in [6.07, 6.45) is 2.19. The van der Waals surface area contributed by atoms with Crippen molar-refractivity contribution in [1.29, 1.82) is 0 Å². The average Bonchev–Trinajstić information content (AvgIpc) is 3.79. The summed E-state index contributed by atoms with van der Waals surface area (Å²) in [5.74, 6) is 3.16. The van der Waals surface area contributed by atoms with Crippen molar-refractivity contribution < 1.29 is 5.11 Å². The van der Waals surface area contributed by atoms with Gasteiger partial charge in [0.05, 0.1) is 28.3 Å². The third-order valence-electron chi connectivity index (χ3n) is 11.8. The molecular formula is C52H62N4O. The second-order valence-corrected chi connectivity index (χ2v) is 17.9. The maximum atomic E-state index is 11.3. The molecule has 5 nitrogen and oxygen atoms in total. The van der Waals surface area contributed by atoms with Crippen molar-refractivity contribution in [2.45, 2.75) is 119 Å². The first-order valence-electron chi connectivity index (χ1n) is 21.1. The number of rotatable bonds is 11. The fraction of sp³-hybridized carbons (Fsp3) is 0.365. The molecule has 1 aliphatic rings. The van der Waals surface area contributed by atoms with Gasteiger partial charge in [0.25, 0.3) is 0 Å². The minimum atomic E-state index is 0.220. The Labute approximate surface area is 342 Å². The highest BCUT2D eigenvalue weighted by atomic mass is 16.3. The fourth-order valence-corrected chi connectivity index (χ4v) is 8.43. The third kappa shape index (κ3) is 7.49. The zero-order valence-electron chi connectivity index (χ0n) is 36.2. The number of para-hydroxylation sites is 3. The highest BCUT2D eigenvalue weighted by Gasteiger charge is 2.32. The molecule has 0 bridgehead atoms. The van der Waals surface area contributed by atoms with E-state index in [0.29, 0.717) is 35.9 Å². The topological polar surface area (TPSA) is 44.5 Å². The summed E-state index contributed by atoms with van der Waals surface area (Å²) in [7, 11) is 0. The van der Waals surface area contributed by atoms with E-state index in [0.717, 1.165) is 28.5 Å². The molecule has 5 aromatic carbocycles. The van der Waals surface area contributed by atoms with Gasteiger partial charge in [0.1, 0.15) is 18.2 Å². The smallest absolute Gasteiger partial charge is 0.148 e. The average molecular weight is 759 g/mol. The van der Waals surface area contributed by atoms with Gasteiger partial charge in [-0.2, -0.15) is 0 Å². The summed E-state index contributed by atoms with van der Waals surface area (Å²) in [5.41, 5.74) is 16.8. The first kappa shape index (κ1) is 39.9. The van der Waals surface area contributed by atoms with Gasteiger partial charge in [-0.1, -0.05) is 144 Å². The van der Waals surface area contributed by atoms with Crippen molar-refractivity contribution in [1.82, 2.24) is 9.55 Å². The molecule has 1 N–H and O–H groups in total. The second kappa shape index (κ2) is 15.9. The van der Waals surface area contributed by atoms with E-state index in [1.807, 2.05) is 18.2 Å². The third-order valence-corrected chi connectivity index (χ3v) is 11.8. The van der Waals surface area contributed by atoms with E-state index in [-0.39, 0.29) is 17.6 Å². The summed E-state index contributed by atoms with van der Waals surface area (Å²) in [6, 6.07) is 34.9. The number of imidazole rings is 1. The van der Waals surface area contributed by atoms with Crippen molar-refractivity contribution in [3.63, 3.8) is 0 Å². The van der Waals surface area contributed by atoms with Crippen LogP contribution in [0.3, 0.4) is 0 Å². The van der Waals surface area contributed by atoms with Crippen molar-refractivity contribution >= 4 is 22.7 Å². The minimum absolute atomic E-state index is 0.220. The molecule has 0 amide bonds. The number of aromatic hydroxyl groups is 1. The molecule has 0 saturated carbocycles. The number of anilines is 4. The molecule has 0 unspecified atom stereocenters. The van der Waals surface area contributed by atoms with Crippen LogP contribution in [0.2, 0.25) is 0 Å². The standard InChI is InChI=1S/C52H62N4O/c1-31(2)38-25-42(33(5)6)50(43(26-38)34(7)8)54-29-46(53-52(54)41-20-13-16-23-49(41)57)37-18-17-19-40(24-37)55-30-56(48-22-15-14-21-47(48)55)51-44(35(9)10)27-39(32(3)4)28-45(51)36(11)12/h13-29,31-36,57H,30H2,1-12H3. The number of fused-ring (bicyclic) bond motifs is 1. The molecule has 57 heavy (non-hydrogen) atoms. The maximum Gasteiger partial charge on any atom is 0.148 e. The van der Waals surface area contributed by atoms with Crippen molar-refractivity contribution in [3.8, 4) is 34.1 Å². The molecular weight excluding hydrogens is 697 g/mol. The first-order valence-corrected chi connectivity index (χ1v) is 21.1. The Balaban J connectivity index is 1.39. The molecule has 1 aliphatic heterocycles. The van der Waals surface area contributed by atoms with Crippen LogP contribution in [0.15, 0.2) is 103 Å². The lowest BCUT2D eigenvalue weighted by molar-refractivity contribution is 0.477. The van der Waals surface area contributed by atoms with Gasteiger partial charge in [0.15, 0.2) is 0 Å². The summed E-state index contributed by atoms with van der Waals surface area (Å²) < 4.78 is 2.25. The van der Waals surface area contributed by atoms with E-state index in [1.165, 1.54) is 50.4 Å². The zero-order valence-corrected chi connectivity index (χ0v) is 36.2. The summed E-state index contributed by atoms with van der Waals surface area (Å²) in [4.78, 5) is 10.4. The molecule has 7 rings (SSSR count). The van der Waals surface area contributed by atoms with Crippen LogP contribution in [-0.4, -0.2) is 21.3 Å². The van der Waals surface area contributed by atoms with E-state index < -0.39 is 0 Å². The SMILES string of the molecule is CC(C)c1cc(C(C)C)c(N2CN(c3cccc(-c4cn(-c5c(C(C)C)cc(C(C)C)cc5C(C)C)c(-c5ccccc5O)n4)c3)c3ccccc32)c(C(C)C)c1. The number of phenolic OH excluding ortho intramolecular Hbond substituents is 1. The van der Waals surface area contributed by atoms with Crippen LogP contribution >= 0.6 is 0 Å². The van der Waals surface area contributed by atoms with Gasteiger partial charge >= 0.3 is 0 Å². The van der Waals surface area contributed by atoms with Crippen molar-refractivity contribution in [2.75, 3.05) is 16.5 Å². The van der Waals surface area contributed by atoms with E-state index >= 15 is 0 Å². The zero-order chi connectivity index (χ0) is 40.9. The van der Waals surface area contributed by atoms with Gasteiger partial charge in [0, 0.05) is 23.1 Å². The predicted molar refractivity (Wildman–Crippen MR) is 243 cm³/mol. The molecule has 0 fully saturated rings. The normalized spacial score (nSPS) is 13.1. The number of nitrogens with zero attached hydrogens (tertiary/aromatic N) is 4. The molecule has 2 heterocycles. The van der Waals surface area contributed by atoms with Crippen LogP contribution < -0.4 is 9.80 Å². The highest BCUT2D eigenvalue weighted by molar-refractivity contribution is 5.89. The van der Waals surface area contributed by atoms with E-state index in [1.54, 1.807) is 6.07 Å². The monoisotopic (exact) mass is 758 g/mol. The van der Waals surface area contributed by atoms with Gasteiger partial charge in [0.2, 0.25) is 0 Å². The lowest BCUT2D eigenvalue weighted by Crippen LogP contribution is -2.26. The van der Waals surface area contributed by atoms with Crippen molar-refractivity contribution in [3.05, 3.63) is 137 Å². The van der Waals surface area contributed by atoms with E-state index in [9.17, 15) is 5.11 Å². The number of benzene rings is 5. The Morgan fingerprint density at radius 1 is 0.509 bits per heavy atom. The minimum Gasteiger partial charge on any atom is -0.507 e. The molecule has 0 radical (unpaired) electrons. The Morgan fingerprint density at radius 3 is 1.51 bits per heavy atom. The molecule has 1 aromatic heterocycles. The molecule has 5 heteroatoms. The van der Waals surface area contributed by atoms with Gasteiger partial charge in [-0.05, 0) is 105 Å². The number of hydrogen-bond acceptors (Lipinski definition) is 4. The molecule has 0 spiro atoms. The first-order chi connectivity index (χ1) is 27.2. The van der Waals surface area contributed by atoms with Crippen LogP contribution in [0.1, 0.15) is 152 Å². The van der Waals surface area contributed by atoms with Gasteiger partial charge < -0.3 is 14.9 Å². The van der Waals surface area contributed by atoms with Crippen LogP contribution in [0.4, 0.5) is 22.7 Å². The molecule has 0 saturated heterocycles. The number of hydrogen-bond donors (Lipinski definition) is 1. The highest BCUT2D eigenvalue weighted by Crippen LogP contribution is 2.49. The van der Waals surface area contributed by atoms with Crippen LogP contribution in [0, 0.1) is 0 Å². The summed E-state index contributed by atoms with van der Waals surface area (Å²) in [5, 5.41) is 11.3. The fourth-order valence-electron chi connectivity index (χ4n) is 8.43. The van der Waals surface area contributed by atoms with Gasteiger partial charge in [-0.25, -0.2) is 4.98 Å². The largest absolute Gasteiger partial charge is 0.507 e. The van der Waals surface area contributed by atoms with Gasteiger partial charge in [-0.3, -0.25) is 4.57 Å². The van der Waals surface area contributed by atoms with Crippen LogP contribution in [0.25, 0.3) is 28.3 Å². The maximum absolute atomic E-state index is 11.3. The summed E-state index contributed by atoms with van der Waals surface area (Å²) in [6.45, 7) is 28.2. The number of aromatic nitrogens is 2. The van der Waals surface area contributed by atoms with E-state index in [2.05, 4.69) is 176 Å². The van der Waals surface area contributed by atoms with Crippen molar-refractivity contribution in [2.24, 2.45) is 0 Å².